The van der Waals surface area contributed by atoms with E-state index < -0.39 is 0 Å². The summed E-state index contributed by atoms with van der Waals surface area (Å²) in [5.41, 5.74) is 13.5. The molecule has 1 aromatic carbocycles. The van der Waals surface area contributed by atoms with Gasteiger partial charge in [0.15, 0.2) is 0 Å². The first-order chi connectivity index (χ1) is 8.72. The molecule has 0 amide bonds. The molecule has 0 aliphatic carbocycles. The fourth-order valence-electron chi connectivity index (χ4n) is 2.03. The van der Waals surface area contributed by atoms with Gasteiger partial charge >= 0.3 is 0 Å². The summed E-state index contributed by atoms with van der Waals surface area (Å²) >= 11 is 6.20. The van der Waals surface area contributed by atoms with Crippen LogP contribution in [0.25, 0.3) is 10.9 Å². The van der Waals surface area contributed by atoms with Gasteiger partial charge in [-0.15, -0.1) is 0 Å². The summed E-state index contributed by atoms with van der Waals surface area (Å²) in [5.74, 6) is 0. The number of halogens is 1. The number of rotatable bonds is 5. The minimum absolute atomic E-state index is 0.0684. The summed E-state index contributed by atoms with van der Waals surface area (Å²) in [5, 5.41) is 1.58. The Bertz CT molecular complexity index is 527. The van der Waals surface area contributed by atoms with Crippen LogP contribution >= 0.6 is 11.6 Å². The second-order valence-corrected chi connectivity index (χ2v) is 4.81. The highest BCUT2D eigenvalue weighted by Gasteiger charge is 2.12. The second kappa shape index (κ2) is 6.14. The van der Waals surface area contributed by atoms with Gasteiger partial charge in [-0.3, -0.25) is 0 Å². The minimum atomic E-state index is -0.0684. The molecule has 0 saturated heterocycles. The van der Waals surface area contributed by atoms with Gasteiger partial charge in [0.25, 0.3) is 0 Å². The van der Waals surface area contributed by atoms with Crippen molar-refractivity contribution in [1.29, 1.82) is 0 Å². The Morgan fingerprint density at radius 3 is 2.78 bits per heavy atom. The molecule has 0 unspecified atom stereocenters. The summed E-state index contributed by atoms with van der Waals surface area (Å²) in [4.78, 5) is 4.39. The molecule has 2 rings (SSSR count). The molecule has 2 aromatic rings. The number of fused-ring (bicyclic) bond motifs is 1. The van der Waals surface area contributed by atoms with E-state index in [1.165, 1.54) is 0 Å². The largest absolute Gasteiger partial charge is 0.330 e. The number of hydrogen-bond donors (Lipinski definition) is 2. The molecule has 4 N–H and O–H groups in total. The predicted molar refractivity (Wildman–Crippen MR) is 76.6 cm³/mol. The third-order valence-corrected chi connectivity index (χ3v) is 3.38. The van der Waals surface area contributed by atoms with E-state index in [0.717, 1.165) is 35.7 Å². The van der Waals surface area contributed by atoms with Gasteiger partial charge in [0.2, 0.25) is 0 Å². The number of unbranched alkanes of at least 4 members (excludes halogenated alkanes) is 1. The maximum Gasteiger partial charge on any atom is 0.134 e. The van der Waals surface area contributed by atoms with E-state index in [1.807, 2.05) is 30.3 Å². The molecule has 1 atom stereocenters. The van der Waals surface area contributed by atoms with Crippen LogP contribution in [0.15, 0.2) is 30.3 Å². The zero-order valence-electron chi connectivity index (χ0n) is 10.3. The summed E-state index contributed by atoms with van der Waals surface area (Å²) in [6, 6.07) is 9.88. The maximum atomic E-state index is 6.20. The Labute approximate surface area is 112 Å². The van der Waals surface area contributed by atoms with Crippen LogP contribution < -0.4 is 11.5 Å². The van der Waals surface area contributed by atoms with Gasteiger partial charge in [0.05, 0.1) is 5.52 Å². The van der Waals surface area contributed by atoms with Crippen molar-refractivity contribution in [2.75, 3.05) is 6.54 Å². The lowest BCUT2D eigenvalue weighted by atomic mass is 10.0. The lowest BCUT2D eigenvalue weighted by Gasteiger charge is -2.13. The number of hydrogen-bond acceptors (Lipinski definition) is 3. The van der Waals surface area contributed by atoms with Crippen LogP contribution in [0, 0.1) is 0 Å². The average Bonchev–Trinajstić information content (AvgIpc) is 2.38. The van der Waals surface area contributed by atoms with Crippen molar-refractivity contribution in [3.05, 3.63) is 41.0 Å². The molecular weight excluding hydrogens is 246 g/mol. The molecule has 4 heteroatoms. The number of benzene rings is 1. The van der Waals surface area contributed by atoms with Gasteiger partial charge in [-0.25, -0.2) is 4.98 Å². The van der Waals surface area contributed by atoms with Gasteiger partial charge in [0, 0.05) is 17.0 Å². The predicted octanol–water partition coefficient (Wildman–Crippen LogP) is 3.02. The van der Waals surface area contributed by atoms with Gasteiger partial charge in [-0.1, -0.05) is 36.2 Å². The van der Waals surface area contributed by atoms with Crippen molar-refractivity contribution in [2.45, 2.75) is 25.3 Å². The van der Waals surface area contributed by atoms with E-state index in [2.05, 4.69) is 4.98 Å². The van der Waals surface area contributed by atoms with Crippen LogP contribution in [0.4, 0.5) is 0 Å². The quantitative estimate of drug-likeness (QED) is 0.644. The van der Waals surface area contributed by atoms with E-state index >= 15 is 0 Å². The van der Waals surface area contributed by atoms with E-state index in [1.54, 1.807) is 0 Å². The highest BCUT2D eigenvalue weighted by Crippen LogP contribution is 2.27. The minimum Gasteiger partial charge on any atom is -0.330 e. The Hall–Kier alpha value is -1.16. The molecule has 0 saturated carbocycles. The van der Waals surface area contributed by atoms with Crippen molar-refractivity contribution in [1.82, 2.24) is 4.98 Å². The van der Waals surface area contributed by atoms with Crippen LogP contribution in [0.3, 0.4) is 0 Å². The zero-order chi connectivity index (χ0) is 13.0. The van der Waals surface area contributed by atoms with Crippen molar-refractivity contribution in [3.63, 3.8) is 0 Å². The first-order valence-corrected chi connectivity index (χ1v) is 6.61. The van der Waals surface area contributed by atoms with Gasteiger partial charge < -0.3 is 11.5 Å². The molecule has 0 radical (unpaired) electrons. The monoisotopic (exact) mass is 263 g/mol. The van der Waals surface area contributed by atoms with E-state index in [9.17, 15) is 0 Å². The van der Waals surface area contributed by atoms with E-state index in [-0.39, 0.29) is 6.04 Å². The summed E-state index contributed by atoms with van der Waals surface area (Å²) in [7, 11) is 0. The smallest absolute Gasteiger partial charge is 0.134 e. The number of para-hydroxylation sites is 1. The van der Waals surface area contributed by atoms with Gasteiger partial charge in [-0.05, 0) is 31.5 Å². The lowest BCUT2D eigenvalue weighted by molar-refractivity contribution is 0.590. The number of nitrogens with zero attached hydrogens (tertiary/aromatic N) is 1. The average molecular weight is 264 g/mol. The van der Waals surface area contributed by atoms with Crippen molar-refractivity contribution < 1.29 is 0 Å². The van der Waals surface area contributed by atoms with E-state index in [0.29, 0.717) is 11.7 Å². The summed E-state index contributed by atoms with van der Waals surface area (Å²) in [6.45, 7) is 0.705. The fourth-order valence-corrected chi connectivity index (χ4v) is 2.32. The van der Waals surface area contributed by atoms with Gasteiger partial charge in [0.1, 0.15) is 5.15 Å². The highest BCUT2D eigenvalue weighted by molar-refractivity contribution is 6.30. The second-order valence-electron chi connectivity index (χ2n) is 4.45. The van der Waals surface area contributed by atoms with Crippen molar-refractivity contribution in [3.8, 4) is 0 Å². The van der Waals surface area contributed by atoms with E-state index in [4.69, 9.17) is 23.1 Å². The topological polar surface area (TPSA) is 64.9 Å². The molecule has 1 heterocycles. The van der Waals surface area contributed by atoms with Crippen LogP contribution in [-0.2, 0) is 0 Å². The molecule has 0 spiro atoms. The molecule has 0 fully saturated rings. The molecule has 0 bridgehead atoms. The number of pyridine rings is 1. The summed E-state index contributed by atoms with van der Waals surface area (Å²) in [6.07, 6.45) is 2.89. The first-order valence-electron chi connectivity index (χ1n) is 6.23. The lowest BCUT2D eigenvalue weighted by Crippen LogP contribution is -2.12. The summed E-state index contributed by atoms with van der Waals surface area (Å²) < 4.78 is 0. The third-order valence-electron chi connectivity index (χ3n) is 3.07. The highest BCUT2D eigenvalue weighted by atomic mass is 35.5. The molecule has 0 aliphatic rings. The first kappa shape index (κ1) is 13.3. The van der Waals surface area contributed by atoms with Crippen molar-refractivity contribution in [2.24, 2.45) is 11.5 Å². The normalized spacial score (nSPS) is 12.8. The fraction of sp³-hybridized carbons (Fsp3) is 0.357. The third kappa shape index (κ3) is 2.99. The molecular formula is C14H18ClN3. The molecule has 3 nitrogen and oxygen atoms in total. The molecule has 18 heavy (non-hydrogen) atoms. The molecule has 1 aromatic heterocycles. The van der Waals surface area contributed by atoms with Gasteiger partial charge in [-0.2, -0.15) is 0 Å². The van der Waals surface area contributed by atoms with Crippen LogP contribution in [-0.4, -0.2) is 11.5 Å². The Morgan fingerprint density at radius 1 is 1.22 bits per heavy atom. The molecule has 96 valence electrons. The standard InChI is InChI=1S/C14H18ClN3/c15-14-11(12(17)6-3-4-8-16)9-10-5-1-2-7-13(10)18-14/h1-2,5,7,9,12H,3-4,6,8,16-17H2/t12-/m0/s1. The Balaban J connectivity index is 2.24. The van der Waals surface area contributed by atoms with Crippen LogP contribution in [0.2, 0.25) is 5.15 Å². The zero-order valence-corrected chi connectivity index (χ0v) is 11.0. The SMILES string of the molecule is NCCCC[C@H](N)c1cc2ccccc2nc1Cl. The molecule has 0 aliphatic heterocycles. The number of nitrogens with two attached hydrogens (primary N) is 2. The van der Waals surface area contributed by atoms with Crippen LogP contribution in [0.1, 0.15) is 30.9 Å². The Kier molecular flexibility index (Phi) is 4.53. The van der Waals surface area contributed by atoms with Crippen LogP contribution in [0.5, 0.6) is 0 Å². The Morgan fingerprint density at radius 2 is 2.00 bits per heavy atom. The van der Waals surface area contributed by atoms with Crippen molar-refractivity contribution >= 4 is 22.5 Å². The maximum absolute atomic E-state index is 6.20. The number of aromatic nitrogens is 1.